The van der Waals surface area contributed by atoms with Crippen molar-refractivity contribution in [3.05, 3.63) is 29.7 Å². The molecule has 0 bridgehead atoms. The van der Waals surface area contributed by atoms with E-state index < -0.39 is 0 Å². The van der Waals surface area contributed by atoms with Crippen LogP contribution in [0.1, 0.15) is 11.5 Å². The monoisotopic (exact) mass is 265 g/mol. The summed E-state index contributed by atoms with van der Waals surface area (Å²) in [6, 6.07) is 5.60. The van der Waals surface area contributed by atoms with Gasteiger partial charge in [0.25, 0.3) is 0 Å². The van der Waals surface area contributed by atoms with Crippen molar-refractivity contribution in [1.82, 2.24) is 9.97 Å². The Labute approximate surface area is 109 Å². The molecule has 2 heterocycles. The van der Waals surface area contributed by atoms with Crippen molar-refractivity contribution in [3.63, 3.8) is 0 Å². The molecule has 0 saturated carbocycles. The first-order chi connectivity index (χ1) is 8.71. The highest BCUT2D eigenvalue weighted by Gasteiger charge is 2.04. The van der Waals surface area contributed by atoms with Gasteiger partial charge in [0.15, 0.2) is 5.16 Å². The lowest BCUT2D eigenvalue weighted by molar-refractivity contribution is 0.490. The van der Waals surface area contributed by atoms with E-state index in [9.17, 15) is 0 Å². The third-order valence-corrected chi connectivity index (χ3v) is 2.82. The van der Waals surface area contributed by atoms with Crippen molar-refractivity contribution < 1.29 is 4.42 Å². The average molecular weight is 265 g/mol. The minimum absolute atomic E-state index is 0.572. The predicted octanol–water partition coefficient (Wildman–Crippen LogP) is 2.00. The minimum atomic E-state index is 0.572. The number of furan rings is 1. The zero-order valence-corrected chi connectivity index (χ0v) is 11.0. The summed E-state index contributed by atoms with van der Waals surface area (Å²) < 4.78 is 5.47. The number of nitrogens with one attached hydrogen (secondary N) is 2. The van der Waals surface area contributed by atoms with Crippen molar-refractivity contribution in [2.75, 3.05) is 17.0 Å². The molecule has 0 aliphatic rings. The van der Waals surface area contributed by atoms with Gasteiger partial charge in [-0.2, -0.15) is 0 Å². The Hall–Kier alpha value is -1.73. The third kappa shape index (κ3) is 3.14. The van der Waals surface area contributed by atoms with E-state index in [1.807, 2.05) is 25.3 Å². The molecule has 0 unspecified atom stereocenters. The zero-order valence-electron chi connectivity index (χ0n) is 10.2. The summed E-state index contributed by atoms with van der Waals surface area (Å²) in [5.74, 6) is 8.39. The molecule has 0 amide bonds. The molecule has 0 spiro atoms. The predicted molar refractivity (Wildman–Crippen MR) is 72.4 cm³/mol. The molecule has 7 heteroatoms. The Balaban J connectivity index is 2.08. The summed E-state index contributed by atoms with van der Waals surface area (Å²) in [6.07, 6.45) is 1.91. The summed E-state index contributed by atoms with van der Waals surface area (Å²) >= 11 is 1.46. The second-order valence-corrected chi connectivity index (χ2v) is 4.41. The summed E-state index contributed by atoms with van der Waals surface area (Å²) in [7, 11) is 0. The lowest BCUT2D eigenvalue weighted by Gasteiger charge is -2.07. The molecule has 2 aromatic heterocycles. The number of thioether (sulfide) groups is 1. The van der Waals surface area contributed by atoms with Crippen LogP contribution in [-0.4, -0.2) is 16.2 Å². The van der Waals surface area contributed by atoms with Gasteiger partial charge in [0.2, 0.25) is 0 Å². The molecule has 0 aliphatic heterocycles. The number of aryl methyl sites for hydroxylation is 1. The Bertz CT molecular complexity index is 506. The first kappa shape index (κ1) is 12.7. The third-order valence-electron chi connectivity index (χ3n) is 2.28. The molecule has 96 valence electrons. The van der Waals surface area contributed by atoms with Gasteiger partial charge in [-0.25, -0.2) is 15.8 Å². The van der Waals surface area contributed by atoms with E-state index in [1.54, 1.807) is 6.07 Å². The average Bonchev–Trinajstić information content (AvgIpc) is 2.81. The van der Waals surface area contributed by atoms with Gasteiger partial charge >= 0.3 is 0 Å². The molecule has 0 aromatic carbocycles. The molecule has 0 fully saturated rings. The Morgan fingerprint density at radius 3 is 2.72 bits per heavy atom. The lowest BCUT2D eigenvalue weighted by atomic mass is 10.4. The maximum absolute atomic E-state index is 5.47. The standard InChI is InChI=1S/C11H15N5OS/c1-7-3-4-8(17-7)6-13-9-5-10(16-12)15-11(14-9)18-2/h3-5H,6,12H2,1-2H3,(H2,13,14,15,16). The van der Waals surface area contributed by atoms with Crippen LogP contribution in [0, 0.1) is 6.92 Å². The largest absolute Gasteiger partial charge is 0.465 e. The fraction of sp³-hybridized carbons (Fsp3) is 0.273. The number of aromatic nitrogens is 2. The second kappa shape index (κ2) is 5.74. The molecule has 2 rings (SSSR count). The fourth-order valence-corrected chi connectivity index (χ4v) is 1.82. The first-order valence-electron chi connectivity index (χ1n) is 5.40. The number of hydrogen-bond acceptors (Lipinski definition) is 7. The van der Waals surface area contributed by atoms with Crippen molar-refractivity contribution in [3.8, 4) is 0 Å². The van der Waals surface area contributed by atoms with E-state index in [0.717, 1.165) is 11.5 Å². The summed E-state index contributed by atoms with van der Waals surface area (Å²) in [5.41, 5.74) is 2.52. The Morgan fingerprint density at radius 2 is 2.11 bits per heavy atom. The van der Waals surface area contributed by atoms with Crippen molar-refractivity contribution in [1.29, 1.82) is 0 Å². The van der Waals surface area contributed by atoms with E-state index in [2.05, 4.69) is 20.7 Å². The lowest BCUT2D eigenvalue weighted by Crippen LogP contribution is -2.11. The van der Waals surface area contributed by atoms with Gasteiger partial charge in [-0.1, -0.05) is 11.8 Å². The van der Waals surface area contributed by atoms with E-state index in [-0.39, 0.29) is 0 Å². The minimum Gasteiger partial charge on any atom is -0.465 e. The van der Waals surface area contributed by atoms with E-state index >= 15 is 0 Å². The van der Waals surface area contributed by atoms with Gasteiger partial charge in [-0.05, 0) is 25.3 Å². The molecular formula is C11H15N5OS. The highest BCUT2D eigenvalue weighted by Crippen LogP contribution is 2.17. The maximum atomic E-state index is 5.47. The smallest absolute Gasteiger partial charge is 0.191 e. The van der Waals surface area contributed by atoms with Crippen LogP contribution in [0.15, 0.2) is 27.8 Å². The topological polar surface area (TPSA) is 89.0 Å². The van der Waals surface area contributed by atoms with Gasteiger partial charge in [-0.15, -0.1) is 0 Å². The van der Waals surface area contributed by atoms with Crippen LogP contribution in [0.25, 0.3) is 0 Å². The van der Waals surface area contributed by atoms with Crippen LogP contribution >= 0.6 is 11.8 Å². The molecule has 2 aromatic rings. The van der Waals surface area contributed by atoms with Gasteiger partial charge in [0, 0.05) is 6.07 Å². The maximum Gasteiger partial charge on any atom is 0.191 e. The molecule has 18 heavy (non-hydrogen) atoms. The molecule has 0 atom stereocenters. The molecule has 0 aliphatic carbocycles. The van der Waals surface area contributed by atoms with E-state index in [4.69, 9.17) is 10.3 Å². The Morgan fingerprint density at radius 1 is 1.33 bits per heavy atom. The second-order valence-electron chi connectivity index (χ2n) is 3.64. The Kier molecular flexibility index (Phi) is 4.06. The highest BCUT2D eigenvalue weighted by molar-refractivity contribution is 7.98. The number of nitrogens with zero attached hydrogens (tertiary/aromatic N) is 2. The number of anilines is 2. The van der Waals surface area contributed by atoms with Gasteiger partial charge in [-0.3, -0.25) is 0 Å². The number of hydrogen-bond donors (Lipinski definition) is 3. The number of hydrazine groups is 1. The van der Waals surface area contributed by atoms with E-state index in [1.165, 1.54) is 11.8 Å². The van der Waals surface area contributed by atoms with Crippen LogP contribution in [-0.2, 0) is 6.54 Å². The summed E-state index contributed by atoms with van der Waals surface area (Å²) in [5, 5.41) is 3.83. The van der Waals surface area contributed by atoms with Gasteiger partial charge < -0.3 is 15.2 Å². The normalized spacial score (nSPS) is 10.4. The van der Waals surface area contributed by atoms with Crippen molar-refractivity contribution >= 4 is 23.4 Å². The zero-order chi connectivity index (χ0) is 13.0. The summed E-state index contributed by atoms with van der Waals surface area (Å²) in [6.45, 7) is 2.49. The summed E-state index contributed by atoms with van der Waals surface area (Å²) in [4.78, 5) is 8.51. The van der Waals surface area contributed by atoms with Crippen LogP contribution in [0.5, 0.6) is 0 Å². The number of rotatable bonds is 5. The van der Waals surface area contributed by atoms with Crippen LogP contribution in [0.4, 0.5) is 11.6 Å². The number of nitrogens with two attached hydrogens (primary N) is 1. The van der Waals surface area contributed by atoms with E-state index in [0.29, 0.717) is 23.3 Å². The van der Waals surface area contributed by atoms with Crippen LogP contribution < -0.4 is 16.6 Å². The van der Waals surface area contributed by atoms with Gasteiger partial charge in [0.1, 0.15) is 23.2 Å². The van der Waals surface area contributed by atoms with Crippen molar-refractivity contribution in [2.24, 2.45) is 5.84 Å². The fourth-order valence-electron chi connectivity index (χ4n) is 1.44. The van der Waals surface area contributed by atoms with Crippen molar-refractivity contribution in [2.45, 2.75) is 18.6 Å². The molecule has 0 saturated heterocycles. The quantitative estimate of drug-likeness (QED) is 0.330. The molecule has 4 N–H and O–H groups in total. The van der Waals surface area contributed by atoms with Crippen LogP contribution in [0.3, 0.4) is 0 Å². The van der Waals surface area contributed by atoms with Crippen LogP contribution in [0.2, 0.25) is 0 Å². The molecule has 6 nitrogen and oxygen atoms in total. The SMILES string of the molecule is CSc1nc(NN)cc(NCc2ccc(C)o2)n1. The first-order valence-corrected chi connectivity index (χ1v) is 6.62. The highest BCUT2D eigenvalue weighted by atomic mass is 32.2. The number of nitrogen functional groups attached to an aromatic ring is 1. The molecular weight excluding hydrogens is 250 g/mol. The molecule has 0 radical (unpaired) electrons. The van der Waals surface area contributed by atoms with Gasteiger partial charge in [0.05, 0.1) is 6.54 Å².